The van der Waals surface area contributed by atoms with Gasteiger partial charge in [-0.3, -0.25) is 4.79 Å². The van der Waals surface area contributed by atoms with E-state index in [4.69, 9.17) is 4.74 Å². The highest BCUT2D eigenvalue weighted by atomic mass is 16.5. The molecule has 0 heterocycles. The normalized spacial score (nSPS) is 14.4. The number of hydrogen-bond donors (Lipinski definition) is 0. The summed E-state index contributed by atoms with van der Waals surface area (Å²) in [6, 6.07) is 0. The van der Waals surface area contributed by atoms with Gasteiger partial charge in [0.25, 0.3) is 0 Å². The molecule has 0 bridgehead atoms. The molecule has 0 aliphatic rings. The molecule has 12 heavy (non-hydrogen) atoms. The van der Waals surface area contributed by atoms with Crippen molar-refractivity contribution in [3.63, 3.8) is 0 Å². The van der Waals surface area contributed by atoms with Gasteiger partial charge in [0.15, 0.2) is 5.78 Å². The summed E-state index contributed by atoms with van der Waals surface area (Å²) in [6.45, 7) is 7.86. The van der Waals surface area contributed by atoms with Crippen LogP contribution in [0.15, 0.2) is 0 Å². The topological polar surface area (TPSA) is 26.3 Å². The van der Waals surface area contributed by atoms with Gasteiger partial charge in [-0.2, -0.15) is 0 Å². The fourth-order valence-electron chi connectivity index (χ4n) is 1.81. The number of rotatable bonds is 5. The molecular formula is C10H20O2. The first-order valence-electron chi connectivity index (χ1n) is 4.49. The van der Waals surface area contributed by atoms with Crippen LogP contribution in [0.5, 0.6) is 0 Å². The highest BCUT2D eigenvalue weighted by Crippen LogP contribution is 2.29. The molecule has 0 aromatic carbocycles. The smallest absolute Gasteiger partial charge is 0.159 e. The molecule has 0 radical (unpaired) electrons. The zero-order valence-electron chi connectivity index (χ0n) is 8.81. The van der Waals surface area contributed by atoms with Crippen LogP contribution in [0.3, 0.4) is 0 Å². The van der Waals surface area contributed by atoms with E-state index in [9.17, 15) is 4.79 Å². The molecule has 0 saturated heterocycles. The van der Waals surface area contributed by atoms with E-state index >= 15 is 0 Å². The summed E-state index contributed by atoms with van der Waals surface area (Å²) >= 11 is 0. The molecule has 0 aromatic heterocycles. The van der Waals surface area contributed by atoms with E-state index in [2.05, 4.69) is 20.8 Å². The molecule has 0 spiro atoms. The largest absolute Gasteiger partial charge is 0.373 e. The zero-order chi connectivity index (χ0) is 9.78. The average molecular weight is 172 g/mol. The third kappa shape index (κ3) is 2.94. The van der Waals surface area contributed by atoms with Gasteiger partial charge in [0, 0.05) is 7.11 Å². The predicted molar refractivity (Wildman–Crippen MR) is 50.2 cm³/mol. The monoisotopic (exact) mass is 172 g/mol. The molecule has 0 aliphatic heterocycles. The summed E-state index contributed by atoms with van der Waals surface area (Å²) in [4.78, 5) is 11.2. The van der Waals surface area contributed by atoms with E-state index < -0.39 is 0 Å². The summed E-state index contributed by atoms with van der Waals surface area (Å²) in [7, 11) is 1.60. The van der Waals surface area contributed by atoms with Gasteiger partial charge >= 0.3 is 0 Å². The lowest BCUT2D eigenvalue weighted by atomic mass is 9.80. The minimum atomic E-state index is -0.252. The summed E-state index contributed by atoms with van der Waals surface area (Å²) in [5, 5.41) is 0. The molecule has 0 N–H and O–H groups in total. The van der Waals surface area contributed by atoms with Crippen molar-refractivity contribution in [1.29, 1.82) is 0 Å². The minimum absolute atomic E-state index is 0.0324. The lowest BCUT2D eigenvalue weighted by Gasteiger charge is -2.31. The Kier molecular flexibility index (Phi) is 4.46. The number of hydrogen-bond acceptors (Lipinski definition) is 2. The summed E-state index contributed by atoms with van der Waals surface area (Å²) in [6.07, 6.45) is 1.85. The van der Waals surface area contributed by atoms with Crippen LogP contribution in [0, 0.1) is 5.41 Å². The molecule has 1 atom stereocenters. The van der Waals surface area contributed by atoms with Crippen molar-refractivity contribution in [2.24, 2.45) is 5.41 Å². The molecule has 2 heteroatoms. The molecule has 0 fully saturated rings. The number of carbonyl (C=O) groups excluding carboxylic acids is 1. The SMILES string of the molecule is CCCC(C)(C)C(OC)C(C)=O. The molecule has 0 rings (SSSR count). The maximum absolute atomic E-state index is 11.2. The van der Waals surface area contributed by atoms with E-state index in [1.54, 1.807) is 14.0 Å². The number of Topliss-reactive ketones (excluding diaryl/α,β-unsaturated/α-hetero) is 1. The Hall–Kier alpha value is -0.370. The number of ether oxygens (including phenoxy) is 1. The second-order valence-electron chi connectivity index (χ2n) is 3.96. The number of carbonyl (C=O) groups is 1. The van der Waals surface area contributed by atoms with E-state index in [0.717, 1.165) is 12.8 Å². The van der Waals surface area contributed by atoms with Gasteiger partial charge in [0.05, 0.1) is 0 Å². The Morgan fingerprint density at radius 1 is 1.50 bits per heavy atom. The van der Waals surface area contributed by atoms with E-state index in [1.807, 2.05) is 0 Å². The van der Waals surface area contributed by atoms with Crippen molar-refractivity contribution < 1.29 is 9.53 Å². The van der Waals surface area contributed by atoms with Crippen LogP contribution in [0.4, 0.5) is 0 Å². The van der Waals surface area contributed by atoms with Gasteiger partial charge in [-0.25, -0.2) is 0 Å². The molecule has 0 aliphatic carbocycles. The Morgan fingerprint density at radius 3 is 2.25 bits per heavy atom. The average Bonchev–Trinajstić information content (AvgIpc) is 1.86. The molecule has 2 nitrogen and oxygen atoms in total. The highest BCUT2D eigenvalue weighted by molar-refractivity contribution is 5.81. The number of methoxy groups -OCH3 is 1. The van der Waals surface area contributed by atoms with Crippen LogP contribution in [0.25, 0.3) is 0 Å². The molecule has 1 unspecified atom stereocenters. The Labute approximate surface area is 75.3 Å². The van der Waals surface area contributed by atoms with Crippen molar-refractivity contribution >= 4 is 5.78 Å². The van der Waals surface area contributed by atoms with Crippen LogP contribution >= 0.6 is 0 Å². The zero-order valence-corrected chi connectivity index (χ0v) is 8.81. The van der Waals surface area contributed by atoms with Crippen molar-refractivity contribution in [3.05, 3.63) is 0 Å². The Bertz CT molecular complexity index is 150. The molecule has 0 aromatic rings. The molecule has 0 amide bonds. The number of ketones is 1. The predicted octanol–water partition coefficient (Wildman–Crippen LogP) is 2.42. The first-order chi connectivity index (χ1) is 5.45. The van der Waals surface area contributed by atoms with Gasteiger partial charge in [0.2, 0.25) is 0 Å². The second-order valence-corrected chi connectivity index (χ2v) is 3.96. The second kappa shape index (κ2) is 4.61. The first kappa shape index (κ1) is 11.6. The lowest BCUT2D eigenvalue weighted by Crippen LogP contribution is -2.36. The van der Waals surface area contributed by atoms with Gasteiger partial charge in [-0.15, -0.1) is 0 Å². The van der Waals surface area contributed by atoms with Crippen LogP contribution in [0.2, 0.25) is 0 Å². The van der Waals surface area contributed by atoms with E-state index in [0.29, 0.717) is 0 Å². The summed E-state index contributed by atoms with van der Waals surface area (Å²) in [5.74, 6) is 0.121. The summed E-state index contributed by atoms with van der Waals surface area (Å²) in [5.41, 5.74) is -0.0324. The van der Waals surface area contributed by atoms with E-state index in [-0.39, 0.29) is 17.3 Å². The third-order valence-electron chi connectivity index (χ3n) is 2.21. The molecule has 72 valence electrons. The molecular weight excluding hydrogens is 152 g/mol. The Morgan fingerprint density at radius 2 is 2.00 bits per heavy atom. The third-order valence-corrected chi connectivity index (χ3v) is 2.21. The Balaban J connectivity index is 4.36. The van der Waals surface area contributed by atoms with Crippen molar-refractivity contribution in [2.75, 3.05) is 7.11 Å². The van der Waals surface area contributed by atoms with Crippen LogP contribution in [0.1, 0.15) is 40.5 Å². The first-order valence-corrected chi connectivity index (χ1v) is 4.49. The fraction of sp³-hybridized carbons (Fsp3) is 0.900. The maximum Gasteiger partial charge on any atom is 0.159 e. The van der Waals surface area contributed by atoms with Crippen LogP contribution < -0.4 is 0 Å². The standard InChI is InChI=1S/C10H20O2/c1-6-7-10(3,4)9(12-5)8(2)11/h9H,6-7H2,1-5H3. The fourth-order valence-corrected chi connectivity index (χ4v) is 1.81. The van der Waals surface area contributed by atoms with Gasteiger partial charge in [-0.1, -0.05) is 27.2 Å². The van der Waals surface area contributed by atoms with E-state index in [1.165, 1.54) is 0 Å². The van der Waals surface area contributed by atoms with Crippen molar-refractivity contribution in [2.45, 2.75) is 46.6 Å². The lowest BCUT2D eigenvalue weighted by molar-refractivity contribution is -0.133. The maximum atomic E-state index is 11.2. The van der Waals surface area contributed by atoms with Crippen LogP contribution in [-0.4, -0.2) is 19.0 Å². The van der Waals surface area contributed by atoms with Gasteiger partial charge in [0.1, 0.15) is 6.10 Å². The molecule has 0 saturated carbocycles. The van der Waals surface area contributed by atoms with Crippen molar-refractivity contribution in [1.82, 2.24) is 0 Å². The minimum Gasteiger partial charge on any atom is -0.373 e. The van der Waals surface area contributed by atoms with Gasteiger partial charge < -0.3 is 4.74 Å². The van der Waals surface area contributed by atoms with Crippen molar-refractivity contribution in [3.8, 4) is 0 Å². The van der Waals surface area contributed by atoms with Crippen LogP contribution in [-0.2, 0) is 9.53 Å². The highest BCUT2D eigenvalue weighted by Gasteiger charge is 2.31. The van der Waals surface area contributed by atoms with Gasteiger partial charge in [-0.05, 0) is 18.8 Å². The summed E-state index contributed by atoms with van der Waals surface area (Å²) < 4.78 is 5.18. The quantitative estimate of drug-likeness (QED) is 0.636.